The Balaban J connectivity index is 1.75. The van der Waals surface area contributed by atoms with Gasteiger partial charge in [-0.05, 0) is 66.1 Å². The third kappa shape index (κ3) is 4.01. The van der Waals surface area contributed by atoms with Gasteiger partial charge in [0.25, 0.3) is 5.91 Å². The topological polar surface area (TPSA) is 79.0 Å². The van der Waals surface area contributed by atoms with E-state index in [9.17, 15) is 14.4 Å². The first-order valence-electron chi connectivity index (χ1n) is 10.1. The van der Waals surface area contributed by atoms with Crippen LogP contribution in [0.5, 0.6) is 0 Å². The van der Waals surface area contributed by atoms with Gasteiger partial charge in [0, 0.05) is 5.54 Å². The summed E-state index contributed by atoms with van der Waals surface area (Å²) in [6.45, 7) is 4.90. The molecule has 0 radical (unpaired) electrons. The summed E-state index contributed by atoms with van der Waals surface area (Å²) >= 11 is 0. The van der Waals surface area contributed by atoms with Gasteiger partial charge in [0.05, 0.1) is 0 Å². The third-order valence-corrected chi connectivity index (χ3v) is 6.05. The van der Waals surface area contributed by atoms with Gasteiger partial charge in [0.2, 0.25) is 0 Å². The highest BCUT2D eigenvalue weighted by molar-refractivity contribution is 6.08. The lowest BCUT2D eigenvalue weighted by molar-refractivity contribution is -0.157. The molecule has 0 atom stereocenters. The zero-order chi connectivity index (χ0) is 21.4. The van der Waals surface area contributed by atoms with Crippen LogP contribution >= 0.6 is 0 Å². The fourth-order valence-electron chi connectivity index (χ4n) is 4.49. The third-order valence-electron chi connectivity index (χ3n) is 6.05. The molecule has 1 heterocycles. The smallest absolute Gasteiger partial charge is 0.326 e. The lowest BCUT2D eigenvalue weighted by Gasteiger charge is -2.48. The minimum absolute atomic E-state index is 0.184. The minimum Gasteiger partial charge on any atom is -0.459 e. The highest BCUT2D eigenvalue weighted by atomic mass is 16.6. The van der Waals surface area contributed by atoms with E-state index in [2.05, 4.69) is 36.4 Å². The Hall–Kier alpha value is -2.41. The predicted octanol–water partition coefficient (Wildman–Crippen LogP) is 2.65. The second-order valence-electron chi connectivity index (χ2n) is 9.28. The number of ether oxygens (including phenoxy) is 1. The summed E-state index contributed by atoms with van der Waals surface area (Å²) in [5, 5.41) is 2.88. The number of urea groups is 1. The predicted molar refractivity (Wildman–Crippen MR) is 109 cm³/mol. The van der Waals surface area contributed by atoms with E-state index in [1.54, 1.807) is 20.8 Å². The molecule has 158 valence electrons. The highest BCUT2D eigenvalue weighted by Gasteiger charge is 2.56. The molecular weight excluding hydrogens is 370 g/mol. The molecule has 1 N–H and O–H groups in total. The summed E-state index contributed by atoms with van der Waals surface area (Å²) in [4.78, 5) is 41.0. The molecule has 1 spiro atoms. The van der Waals surface area contributed by atoms with Crippen molar-refractivity contribution in [1.29, 1.82) is 0 Å². The fraction of sp³-hybridized carbons (Fsp3) is 0.591. The summed E-state index contributed by atoms with van der Waals surface area (Å²) in [6, 6.07) is 9.75. The summed E-state index contributed by atoms with van der Waals surface area (Å²) in [6.07, 6.45) is 2.51. The monoisotopic (exact) mass is 401 g/mol. The van der Waals surface area contributed by atoms with Crippen LogP contribution in [0.15, 0.2) is 30.3 Å². The van der Waals surface area contributed by atoms with Crippen LogP contribution in [0.3, 0.4) is 0 Å². The van der Waals surface area contributed by atoms with Gasteiger partial charge in [0.1, 0.15) is 17.7 Å². The van der Waals surface area contributed by atoms with Crippen molar-refractivity contribution in [2.24, 2.45) is 0 Å². The van der Waals surface area contributed by atoms with E-state index in [0.717, 1.165) is 17.7 Å². The van der Waals surface area contributed by atoms with Gasteiger partial charge in [0.15, 0.2) is 0 Å². The van der Waals surface area contributed by atoms with E-state index in [1.807, 2.05) is 18.2 Å². The lowest BCUT2D eigenvalue weighted by Crippen LogP contribution is -2.55. The average molecular weight is 402 g/mol. The van der Waals surface area contributed by atoms with Crippen LogP contribution in [0, 0.1) is 0 Å². The van der Waals surface area contributed by atoms with Crippen LogP contribution in [0.4, 0.5) is 4.79 Å². The van der Waals surface area contributed by atoms with Crippen LogP contribution in [0.25, 0.3) is 0 Å². The van der Waals surface area contributed by atoms with Gasteiger partial charge in [-0.25, -0.2) is 4.79 Å². The lowest BCUT2D eigenvalue weighted by atomic mass is 9.68. The Kier molecular flexibility index (Phi) is 5.47. The molecule has 1 aromatic rings. The second-order valence-corrected chi connectivity index (χ2v) is 9.28. The zero-order valence-electron chi connectivity index (χ0n) is 17.9. The maximum Gasteiger partial charge on any atom is 0.326 e. The van der Waals surface area contributed by atoms with Crippen molar-refractivity contribution in [2.45, 2.75) is 63.1 Å². The molecule has 2 fully saturated rings. The Morgan fingerprint density at radius 2 is 1.69 bits per heavy atom. The summed E-state index contributed by atoms with van der Waals surface area (Å²) in [5.41, 5.74) is -0.578. The number of hydrogen-bond acceptors (Lipinski definition) is 5. The first-order valence-corrected chi connectivity index (χ1v) is 10.1. The molecule has 1 aromatic carbocycles. The Morgan fingerprint density at radius 3 is 2.21 bits per heavy atom. The normalized spacial score (nSPS) is 27.4. The number of esters is 1. The molecule has 1 saturated carbocycles. The van der Waals surface area contributed by atoms with Crippen molar-refractivity contribution in [3.8, 4) is 0 Å². The number of amides is 3. The number of rotatable bonds is 4. The average Bonchev–Trinajstić information content (AvgIpc) is 2.86. The van der Waals surface area contributed by atoms with Crippen LogP contribution in [-0.4, -0.2) is 59.5 Å². The second kappa shape index (κ2) is 7.44. The first kappa shape index (κ1) is 21.3. The fourth-order valence-corrected chi connectivity index (χ4v) is 4.49. The standard InChI is InChI=1S/C22H31N3O4/c1-20(2,3)29-17(26)15-25-18(27)21(23-19(25)28)11-13-22(14-12-21,24(4)5)16-9-7-6-8-10-16/h6-10H,11-15H2,1-5H3,(H,23,28)/t21-,22+. The molecule has 1 aliphatic heterocycles. The van der Waals surface area contributed by atoms with E-state index >= 15 is 0 Å². The van der Waals surface area contributed by atoms with Gasteiger partial charge in [-0.2, -0.15) is 0 Å². The summed E-state index contributed by atoms with van der Waals surface area (Å²) in [5.74, 6) is -0.908. The Morgan fingerprint density at radius 1 is 1.10 bits per heavy atom. The summed E-state index contributed by atoms with van der Waals surface area (Å²) in [7, 11) is 4.10. The number of nitrogens with zero attached hydrogens (tertiary/aromatic N) is 2. The molecule has 7 heteroatoms. The SMILES string of the molecule is CN(C)[C@]1(c2ccccc2)CC[C@@]2(CC1)NC(=O)N(CC(=O)OC(C)(C)C)C2=O. The molecule has 1 saturated heterocycles. The number of benzene rings is 1. The molecular formula is C22H31N3O4. The van der Waals surface area contributed by atoms with Crippen molar-refractivity contribution in [2.75, 3.05) is 20.6 Å². The Bertz CT molecular complexity index is 790. The van der Waals surface area contributed by atoms with Crippen molar-refractivity contribution in [3.05, 3.63) is 35.9 Å². The van der Waals surface area contributed by atoms with Gasteiger partial charge in [-0.3, -0.25) is 19.4 Å². The molecule has 7 nitrogen and oxygen atoms in total. The zero-order valence-corrected chi connectivity index (χ0v) is 17.9. The number of carbonyl (C=O) groups excluding carboxylic acids is 3. The van der Waals surface area contributed by atoms with E-state index in [4.69, 9.17) is 4.74 Å². The molecule has 2 aliphatic rings. The Labute approximate surface area is 172 Å². The quantitative estimate of drug-likeness (QED) is 0.620. The van der Waals surface area contributed by atoms with Gasteiger partial charge >= 0.3 is 12.0 Å². The maximum atomic E-state index is 13.1. The summed E-state index contributed by atoms with van der Waals surface area (Å²) < 4.78 is 5.27. The molecule has 3 rings (SSSR count). The maximum absolute atomic E-state index is 13.1. The molecule has 3 amide bonds. The van der Waals surface area contributed by atoms with Crippen molar-refractivity contribution < 1.29 is 19.1 Å². The molecule has 0 unspecified atom stereocenters. The molecule has 29 heavy (non-hydrogen) atoms. The van der Waals surface area contributed by atoms with Gasteiger partial charge in [-0.15, -0.1) is 0 Å². The van der Waals surface area contributed by atoms with E-state index in [0.29, 0.717) is 12.8 Å². The van der Waals surface area contributed by atoms with Crippen molar-refractivity contribution >= 4 is 17.9 Å². The number of carbonyl (C=O) groups is 3. The minimum atomic E-state index is -0.937. The van der Waals surface area contributed by atoms with Crippen molar-refractivity contribution in [1.82, 2.24) is 15.1 Å². The van der Waals surface area contributed by atoms with Crippen LogP contribution < -0.4 is 5.32 Å². The van der Waals surface area contributed by atoms with Crippen LogP contribution in [-0.2, 0) is 19.9 Å². The van der Waals surface area contributed by atoms with E-state index < -0.39 is 23.1 Å². The number of imide groups is 1. The highest BCUT2D eigenvalue weighted by Crippen LogP contribution is 2.46. The van der Waals surface area contributed by atoms with Crippen molar-refractivity contribution in [3.63, 3.8) is 0 Å². The largest absolute Gasteiger partial charge is 0.459 e. The van der Waals surface area contributed by atoms with E-state index in [-0.39, 0.29) is 18.0 Å². The van der Waals surface area contributed by atoms with Crippen LogP contribution in [0.2, 0.25) is 0 Å². The van der Waals surface area contributed by atoms with E-state index in [1.165, 1.54) is 5.56 Å². The molecule has 0 aromatic heterocycles. The number of nitrogens with one attached hydrogen (secondary N) is 1. The molecule has 0 bridgehead atoms. The first-order chi connectivity index (χ1) is 13.5. The molecule has 1 aliphatic carbocycles. The number of hydrogen-bond donors (Lipinski definition) is 1. The van der Waals surface area contributed by atoms with Gasteiger partial charge in [-0.1, -0.05) is 30.3 Å². The van der Waals surface area contributed by atoms with Gasteiger partial charge < -0.3 is 10.1 Å². The van der Waals surface area contributed by atoms with Crippen LogP contribution in [0.1, 0.15) is 52.0 Å².